The molecule has 0 bridgehead atoms. The molecule has 0 aliphatic rings. The molecular formula is C21H24O3PS+. The van der Waals surface area contributed by atoms with Gasteiger partial charge in [-0.05, 0) is 43.3 Å². The van der Waals surface area contributed by atoms with Crippen molar-refractivity contribution in [1.82, 2.24) is 0 Å². The standard InChI is InChI=1S/C20H20P.CH4O3S/c1-2-21(18-12-6-3-7-13-18,19-14-8-4-9-15-19)20-16-10-5-11-17-20;1-5(2,3)4/h3-17H,2H2,1H3;1H3,(H,2,3,4)/q+1;. The molecule has 0 saturated carbocycles. The first-order valence-corrected chi connectivity index (χ1v) is 12.2. The van der Waals surface area contributed by atoms with E-state index < -0.39 is 17.4 Å². The fourth-order valence-corrected chi connectivity index (χ4v) is 7.08. The van der Waals surface area contributed by atoms with Gasteiger partial charge in [-0.3, -0.25) is 4.55 Å². The van der Waals surface area contributed by atoms with Crippen LogP contribution >= 0.6 is 7.26 Å². The van der Waals surface area contributed by atoms with E-state index in [1.54, 1.807) is 0 Å². The molecule has 26 heavy (non-hydrogen) atoms. The third-order valence-corrected chi connectivity index (χ3v) is 8.55. The van der Waals surface area contributed by atoms with Crippen molar-refractivity contribution < 1.29 is 13.0 Å². The molecule has 0 aliphatic heterocycles. The molecule has 3 rings (SSSR count). The van der Waals surface area contributed by atoms with Crippen molar-refractivity contribution >= 4 is 33.3 Å². The third kappa shape index (κ3) is 5.25. The van der Waals surface area contributed by atoms with E-state index in [-0.39, 0.29) is 0 Å². The minimum atomic E-state index is -3.67. The molecule has 0 atom stereocenters. The Kier molecular flexibility index (Phi) is 7.10. The van der Waals surface area contributed by atoms with Crippen LogP contribution in [0.1, 0.15) is 6.92 Å². The largest absolute Gasteiger partial charge is 0.286 e. The number of rotatable bonds is 4. The Morgan fingerprint density at radius 2 is 0.923 bits per heavy atom. The lowest BCUT2D eigenvalue weighted by Gasteiger charge is -2.26. The summed E-state index contributed by atoms with van der Waals surface area (Å²) >= 11 is 0. The van der Waals surface area contributed by atoms with Gasteiger partial charge >= 0.3 is 0 Å². The van der Waals surface area contributed by atoms with Gasteiger partial charge in [-0.25, -0.2) is 0 Å². The lowest BCUT2D eigenvalue weighted by molar-refractivity contribution is 0.490. The summed E-state index contributed by atoms with van der Waals surface area (Å²) in [5.74, 6) is 0. The molecule has 0 aromatic heterocycles. The quantitative estimate of drug-likeness (QED) is 0.551. The molecular weight excluding hydrogens is 363 g/mol. The lowest BCUT2D eigenvalue weighted by Crippen LogP contribution is -2.32. The first-order valence-electron chi connectivity index (χ1n) is 8.35. The van der Waals surface area contributed by atoms with Crippen molar-refractivity contribution in [2.75, 3.05) is 12.4 Å². The zero-order valence-corrected chi connectivity index (χ0v) is 16.7. The molecule has 5 heteroatoms. The minimum Gasteiger partial charge on any atom is -0.286 e. The highest BCUT2D eigenvalue weighted by Gasteiger charge is 2.43. The summed E-state index contributed by atoms with van der Waals surface area (Å²) in [6, 6.07) is 33.0. The molecule has 0 heterocycles. The molecule has 3 nitrogen and oxygen atoms in total. The molecule has 0 aliphatic carbocycles. The van der Waals surface area contributed by atoms with E-state index in [0.717, 1.165) is 6.16 Å². The van der Waals surface area contributed by atoms with Gasteiger partial charge in [0.2, 0.25) is 0 Å². The van der Waals surface area contributed by atoms with E-state index in [1.807, 2.05) is 0 Å². The van der Waals surface area contributed by atoms with Crippen LogP contribution in [-0.4, -0.2) is 25.4 Å². The van der Waals surface area contributed by atoms with Gasteiger partial charge in [0.15, 0.2) is 0 Å². The van der Waals surface area contributed by atoms with Crippen LogP contribution < -0.4 is 15.9 Å². The highest BCUT2D eigenvalue weighted by atomic mass is 32.2. The zero-order valence-electron chi connectivity index (χ0n) is 15.0. The molecule has 3 aromatic carbocycles. The maximum atomic E-state index is 9.19. The van der Waals surface area contributed by atoms with E-state index in [1.165, 1.54) is 15.9 Å². The Labute approximate surface area is 156 Å². The monoisotopic (exact) mass is 387 g/mol. The summed E-state index contributed by atoms with van der Waals surface area (Å²) in [7, 11) is -5.20. The summed E-state index contributed by atoms with van der Waals surface area (Å²) in [5, 5.41) is 4.39. The lowest BCUT2D eigenvalue weighted by atomic mass is 10.4. The SMILES string of the molecule is CC[P+](c1ccccc1)(c1ccccc1)c1ccccc1.CS(=O)(=O)O. The Balaban J connectivity index is 0.000000431. The van der Waals surface area contributed by atoms with Crippen LogP contribution in [0.2, 0.25) is 0 Å². The van der Waals surface area contributed by atoms with Crippen molar-refractivity contribution in [3.63, 3.8) is 0 Å². The fourth-order valence-electron chi connectivity index (χ4n) is 3.04. The smallest absolute Gasteiger partial charge is 0.261 e. The molecule has 0 radical (unpaired) electrons. The second-order valence-electron chi connectivity index (χ2n) is 5.87. The number of hydrogen-bond acceptors (Lipinski definition) is 2. The van der Waals surface area contributed by atoms with Crippen LogP contribution in [0.15, 0.2) is 91.0 Å². The molecule has 0 unspecified atom stereocenters. The van der Waals surface area contributed by atoms with Gasteiger partial charge in [-0.15, -0.1) is 0 Å². The highest BCUT2D eigenvalue weighted by Crippen LogP contribution is 2.54. The minimum absolute atomic E-state index is 0.715. The van der Waals surface area contributed by atoms with Crippen molar-refractivity contribution in [1.29, 1.82) is 0 Å². The van der Waals surface area contributed by atoms with Gasteiger partial charge < -0.3 is 0 Å². The molecule has 3 aromatic rings. The Bertz CT molecular complexity index is 791. The third-order valence-electron chi connectivity index (χ3n) is 4.07. The van der Waals surface area contributed by atoms with E-state index in [2.05, 4.69) is 97.9 Å². The predicted molar refractivity (Wildman–Crippen MR) is 113 cm³/mol. The van der Waals surface area contributed by atoms with E-state index in [0.29, 0.717) is 6.26 Å². The van der Waals surface area contributed by atoms with E-state index in [9.17, 15) is 8.42 Å². The van der Waals surface area contributed by atoms with Crippen molar-refractivity contribution in [3.05, 3.63) is 91.0 Å². The summed E-state index contributed by atoms with van der Waals surface area (Å²) in [6.07, 6.45) is 1.86. The first-order chi connectivity index (χ1) is 12.4. The van der Waals surface area contributed by atoms with Crippen LogP contribution in [0.5, 0.6) is 0 Å². The van der Waals surface area contributed by atoms with Crippen LogP contribution in [-0.2, 0) is 10.1 Å². The van der Waals surface area contributed by atoms with Gasteiger partial charge in [0.1, 0.15) is 23.2 Å². The molecule has 0 amide bonds. The van der Waals surface area contributed by atoms with Gasteiger partial charge in [-0.2, -0.15) is 8.42 Å². The van der Waals surface area contributed by atoms with Crippen LogP contribution in [0.4, 0.5) is 0 Å². The maximum absolute atomic E-state index is 9.19. The topological polar surface area (TPSA) is 54.4 Å². The molecule has 0 saturated heterocycles. The van der Waals surface area contributed by atoms with E-state index in [4.69, 9.17) is 4.55 Å². The van der Waals surface area contributed by atoms with Gasteiger partial charge in [0.05, 0.1) is 12.4 Å². The van der Waals surface area contributed by atoms with Crippen LogP contribution in [0.3, 0.4) is 0 Å². The Morgan fingerprint density at radius 3 is 1.12 bits per heavy atom. The van der Waals surface area contributed by atoms with E-state index >= 15 is 0 Å². The average Bonchev–Trinajstić information content (AvgIpc) is 2.64. The Hall–Kier alpha value is -2.00. The summed E-state index contributed by atoms with van der Waals surface area (Å²) < 4.78 is 25.9. The number of benzene rings is 3. The van der Waals surface area contributed by atoms with Crippen molar-refractivity contribution in [3.8, 4) is 0 Å². The Morgan fingerprint density at radius 1 is 0.692 bits per heavy atom. The molecule has 0 fully saturated rings. The van der Waals surface area contributed by atoms with Crippen molar-refractivity contribution in [2.45, 2.75) is 6.92 Å². The second-order valence-corrected chi connectivity index (χ2v) is 11.1. The summed E-state index contributed by atoms with van der Waals surface area (Å²) in [5.41, 5.74) is 0. The average molecular weight is 387 g/mol. The first kappa shape index (κ1) is 20.3. The molecule has 1 N–H and O–H groups in total. The van der Waals surface area contributed by atoms with Crippen LogP contribution in [0, 0.1) is 0 Å². The number of hydrogen-bond donors (Lipinski definition) is 1. The summed E-state index contributed by atoms with van der Waals surface area (Å²) in [4.78, 5) is 0. The zero-order chi connectivity index (χ0) is 19.0. The maximum Gasteiger partial charge on any atom is 0.261 e. The second kappa shape index (κ2) is 9.09. The summed E-state index contributed by atoms with van der Waals surface area (Å²) in [6.45, 7) is 2.32. The van der Waals surface area contributed by atoms with Gasteiger partial charge in [0.25, 0.3) is 10.1 Å². The van der Waals surface area contributed by atoms with Crippen molar-refractivity contribution in [2.24, 2.45) is 0 Å². The van der Waals surface area contributed by atoms with Gasteiger partial charge in [0, 0.05) is 0 Å². The molecule has 136 valence electrons. The predicted octanol–water partition coefficient (Wildman–Crippen LogP) is 3.50. The highest BCUT2D eigenvalue weighted by molar-refractivity contribution is 7.95. The fraction of sp³-hybridized carbons (Fsp3) is 0.143. The van der Waals surface area contributed by atoms with Gasteiger partial charge in [-0.1, -0.05) is 54.6 Å². The normalized spacial score (nSPS) is 11.3. The van der Waals surface area contributed by atoms with Crippen LogP contribution in [0.25, 0.3) is 0 Å². The molecule has 0 spiro atoms.